The molecule has 0 spiro atoms. The standard InChI is InChI=1S/C19H22Cl2N2O3S/c1-4-14-5-7-15(8-6-14)13(2)22-19(24)12-23(27(3,25)26)18-10-9-16(20)11-17(18)21/h5-11,13H,4,12H2,1-3H3,(H,22,24)/t13-/m1/s1. The van der Waals surface area contributed by atoms with E-state index in [9.17, 15) is 13.2 Å². The zero-order chi connectivity index (χ0) is 20.2. The molecule has 2 aromatic rings. The van der Waals surface area contributed by atoms with Gasteiger partial charge in [-0.3, -0.25) is 9.10 Å². The molecule has 0 aliphatic heterocycles. The third-order valence-electron chi connectivity index (χ3n) is 4.13. The molecule has 0 bridgehead atoms. The van der Waals surface area contributed by atoms with Crippen molar-refractivity contribution in [2.45, 2.75) is 26.3 Å². The van der Waals surface area contributed by atoms with Crippen LogP contribution in [0.5, 0.6) is 0 Å². The molecule has 0 fully saturated rings. The Labute approximate surface area is 170 Å². The van der Waals surface area contributed by atoms with E-state index in [2.05, 4.69) is 12.2 Å². The van der Waals surface area contributed by atoms with Crippen molar-refractivity contribution in [2.75, 3.05) is 17.1 Å². The number of hydrogen-bond acceptors (Lipinski definition) is 3. The lowest BCUT2D eigenvalue weighted by molar-refractivity contribution is -0.120. The SMILES string of the molecule is CCc1ccc([C@@H](C)NC(=O)CN(c2ccc(Cl)cc2Cl)S(C)(=O)=O)cc1. The van der Waals surface area contributed by atoms with Gasteiger partial charge in [0.2, 0.25) is 15.9 Å². The molecule has 146 valence electrons. The number of rotatable bonds is 7. The summed E-state index contributed by atoms with van der Waals surface area (Å²) >= 11 is 12.0. The van der Waals surface area contributed by atoms with Gasteiger partial charge in [0.15, 0.2) is 0 Å². The van der Waals surface area contributed by atoms with Crippen molar-refractivity contribution < 1.29 is 13.2 Å². The van der Waals surface area contributed by atoms with Crippen molar-refractivity contribution in [1.29, 1.82) is 0 Å². The first-order valence-corrected chi connectivity index (χ1v) is 11.0. The number of nitrogens with one attached hydrogen (secondary N) is 1. The molecular formula is C19H22Cl2N2O3S. The number of aryl methyl sites for hydroxylation is 1. The van der Waals surface area contributed by atoms with Crippen LogP contribution in [0.1, 0.15) is 31.0 Å². The second-order valence-electron chi connectivity index (χ2n) is 6.25. The highest BCUT2D eigenvalue weighted by atomic mass is 35.5. The van der Waals surface area contributed by atoms with Crippen molar-refractivity contribution in [3.05, 3.63) is 63.6 Å². The predicted octanol–water partition coefficient (Wildman–Crippen LogP) is 4.20. The fourth-order valence-corrected chi connectivity index (χ4v) is 4.04. The fourth-order valence-electron chi connectivity index (χ4n) is 2.61. The summed E-state index contributed by atoms with van der Waals surface area (Å²) in [6, 6.07) is 12.1. The highest BCUT2D eigenvalue weighted by Gasteiger charge is 2.24. The largest absolute Gasteiger partial charge is 0.348 e. The lowest BCUT2D eigenvalue weighted by Crippen LogP contribution is -2.41. The van der Waals surface area contributed by atoms with Gasteiger partial charge in [-0.15, -0.1) is 0 Å². The molecule has 1 atom stereocenters. The molecule has 5 nitrogen and oxygen atoms in total. The van der Waals surface area contributed by atoms with E-state index in [0.29, 0.717) is 5.02 Å². The zero-order valence-corrected chi connectivity index (χ0v) is 17.7. The van der Waals surface area contributed by atoms with E-state index in [4.69, 9.17) is 23.2 Å². The monoisotopic (exact) mass is 428 g/mol. The molecule has 8 heteroatoms. The van der Waals surface area contributed by atoms with Crippen molar-refractivity contribution >= 4 is 44.8 Å². The molecule has 2 rings (SSSR count). The van der Waals surface area contributed by atoms with Gasteiger partial charge >= 0.3 is 0 Å². The highest BCUT2D eigenvalue weighted by Crippen LogP contribution is 2.30. The van der Waals surface area contributed by atoms with E-state index in [1.54, 1.807) is 0 Å². The first-order chi connectivity index (χ1) is 12.6. The summed E-state index contributed by atoms with van der Waals surface area (Å²) in [5.74, 6) is -0.432. The van der Waals surface area contributed by atoms with Crippen molar-refractivity contribution in [1.82, 2.24) is 5.32 Å². The molecule has 0 aliphatic carbocycles. The van der Waals surface area contributed by atoms with Gasteiger partial charge in [-0.2, -0.15) is 0 Å². The summed E-state index contributed by atoms with van der Waals surface area (Å²) in [5.41, 5.74) is 2.35. The van der Waals surface area contributed by atoms with Gasteiger partial charge < -0.3 is 5.32 Å². The van der Waals surface area contributed by atoms with Crippen LogP contribution >= 0.6 is 23.2 Å². The number of amides is 1. The first-order valence-electron chi connectivity index (χ1n) is 8.42. The number of carbonyl (C=O) groups is 1. The molecule has 2 aromatic carbocycles. The van der Waals surface area contributed by atoms with Crippen LogP contribution in [0.15, 0.2) is 42.5 Å². The summed E-state index contributed by atoms with van der Waals surface area (Å²) in [4.78, 5) is 12.5. The smallest absolute Gasteiger partial charge is 0.241 e. The number of benzene rings is 2. The van der Waals surface area contributed by atoms with Gasteiger partial charge in [0.1, 0.15) is 6.54 Å². The Hall–Kier alpha value is -1.76. The molecule has 0 radical (unpaired) electrons. The van der Waals surface area contributed by atoms with Gasteiger partial charge in [-0.25, -0.2) is 8.42 Å². The zero-order valence-electron chi connectivity index (χ0n) is 15.4. The van der Waals surface area contributed by atoms with Crippen molar-refractivity contribution in [2.24, 2.45) is 0 Å². The van der Waals surface area contributed by atoms with Gasteiger partial charge in [-0.05, 0) is 42.7 Å². The molecule has 0 heterocycles. The Morgan fingerprint density at radius 3 is 2.30 bits per heavy atom. The third-order valence-corrected chi connectivity index (χ3v) is 5.80. The van der Waals surface area contributed by atoms with Crippen molar-refractivity contribution in [3.63, 3.8) is 0 Å². The molecule has 1 amide bonds. The lowest BCUT2D eigenvalue weighted by Gasteiger charge is -2.24. The Balaban J connectivity index is 2.16. The van der Waals surface area contributed by atoms with Gasteiger partial charge in [-0.1, -0.05) is 54.4 Å². The van der Waals surface area contributed by atoms with Crippen LogP contribution in [-0.2, 0) is 21.2 Å². The Bertz CT molecular complexity index is 915. The Kier molecular flexibility index (Phi) is 7.14. The molecule has 0 aliphatic rings. The number of carbonyl (C=O) groups excluding carboxylic acids is 1. The molecule has 27 heavy (non-hydrogen) atoms. The second-order valence-corrected chi connectivity index (χ2v) is 9.00. The van der Waals surface area contributed by atoms with Crippen LogP contribution in [0.25, 0.3) is 0 Å². The van der Waals surface area contributed by atoms with E-state index >= 15 is 0 Å². The quantitative estimate of drug-likeness (QED) is 0.718. The van der Waals surface area contributed by atoms with Crippen molar-refractivity contribution in [3.8, 4) is 0 Å². The van der Waals surface area contributed by atoms with E-state index in [1.165, 1.54) is 23.8 Å². The molecular weight excluding hydrogens is 407 g/mol. The normalized spacial score (nSPS) is 12.5. The number of nitrogens with zero attached hydrogens (tertiary/aromatic N) is 1. The number of anilines is 1. The lowest BCUT2D eigenvalue weighted by atomic mass is 10.1. The minimum Gasteiger partial charge on any atom is -0.348 e. The topological polar surface area (TPSA) is 66.5 Å². The minimum atomic E-state index is -3.71. The van der Waals surface area contributed by atoms with E-state index < -0.39 is 15.9 Å². The molecule has 0 aromatic heterocycles. The van der Waals surface area contributed by atoms with Crippen LogP contribution in [0, 0.1) is 0 Å². The van der Waals surface area contributed by atoms with Gasteiger partial charge in [0.05, 0.1) is 23.0 Å². The maximum absolute atomic E-state index is 12.5. The van der Waals surface area contributed by atoms with Crippen LogP contribution < -0.4 is 9.62 Å². The molecule has 1 N–H and O–H groups in total. The van der Waals surface area contributed by atoms with Crippen LogP contribution in [0.3, 0.4) is 0 Å². The number of sulfonamides is 1. The van der Waals surface area contributed by atoms with Gasteiger partial charge in [0, 0.05) is 5.02 Å². The van der Waals surface area contributed by atoms with Gasteiger partial charge in [0.25, 0.3) is 0 Å². The van der Waals surface area contributed by atoms with E-state index in [1.807, 2.05) is 31.2 Å². The Morgan fingerprint density at radius 1 is 1.15 bits per heavy atom. The van der Waals surface area contributed by atoms with E-state index in [0.717, 1.165) is 22.5 Å². The van der Waals surface area contributed by atoms with Crippen LogP contribution in [0.2, 0.25) is 10.0 Å². The number of halogens is 2. The minimum absolute atomic E-state index is 0.156. The Morgan fingerprint density at radius 2 is 1.78 bits per heavy atom. The third kappa shape index (κ3) is 5.86. The van der Waals surface area contributed by atoms with Crippen LogP contribution in [-0.4, -0.2) is 27.1 Å². The van der Waals surface area contributed by atoms with E-state index in [-0.39, 0.29) is 23.3 Å². The predicted molar refractivity (Wildman–Crippen MR) is 111 cm³/mol. The summed E-state index contributed by atoms with van der Waals surface area (Å²) in [7, 11) is -3.71. The first kappa shape index (κ1) is 21.5. The summed E-state index contributed by atoms with van der Waals surface area (Å²) < 4.78 is 25.3. The summed E-state index contributed by atoms with van der Waals surface area (Å²) in [6.07, 6.45) is 1.96. The average Bonchev–Trinajstić information content (AvgIpc) is 2.59. The summed E-state index contributed by atoms with van der Waals surface area (Å²) in [6.45, 7) is 3.54. The molecule has 0 unspecified atom stereocenters. The fraction of sp³-hybridized carbons (Fsp3) is 0.316. The maximum Gasteiger partial charge on any atom is 0.241 e. The number of hydrogen-bond donors (Lipinski definition) is 1. The molecule has 0 saturated heterocycles. The highest BCUT2D eigenvalue weighted by molar-refractivity contribution is 7.92. The molecule has 0 saturated carbocycles. The van der Waals surface area contributed by atoms with Crippen LogP contribution in [0.4, 0.5) is 5.69 Å². The second kappa shape index (κ2) is 8.95. The average molecular weight is 429 g/mol. The summed E-state index contributed by atoms with van der Waals surface area (Å²) in [5, 5.41) is 3.36. The maximum atomic E-state index is 12.5.